The Labute approximate surface area is 162 Å². The molecule has 27 heavy (non-hydrogen) atoms. The molecule has 0 bridgehead atoms. The molecule has 0 aromatic heterocycles. The number of rotatable bonds is 3. The summed E-state index contributed by atoms with van der Waals surface area (Å²) in [7, 11) is 0. The number of para-hydroxylation sites is 1. The third kappa shape index (κ3) is 2.66. The van der Waals surface area contributed by atoms with Crippen molar-refractivity contribution in [3.63, 3.8) is 0 Å². The lowest BCUT2D eigenvalue weighted by atomic mass is 9.57. The fourth-order valence-corrected chi connectivity index (χ4v) is 4.43. The number of nitrogens with zero attached hydrogens (tertiary/aromatic N) is 1. The maximum atomic E-state index is 5.15. The first kappa shape index (κ1) is 17.5. The summed E-state index contributed by atoms with van der Waals surface area (Å²) in [6.45, 7) is 6.91. The molecule has 0 aliphatic heterocycles. The van der Waals surface area contributed by atoms with Gasteiger partial charge in [0.15, 0.2) is 0 Å². The van der Waals surface area contributed by atoms with E-state index in [9.17, 15) is 0 Å². The van der Waals surface area contributed by atoms with Gasteiger partial charge in [-0.15, -0.1) is 0 Å². The van der Waals surface area contributed by atoms with Crippen LogP contribution in [0.3, 0.4) is 0 Å². The Hall–Kier alpha value is -2.93. The van der Waals surface area contributed by atoms with Crippen molar-refractivity contribution in [2.75, 3.05) is 0 Å². The Balaban J connectivity index is 2.07. The largest absolute Gasteiger partial charge is 0.252 e. The summed E-state index contributed by atoms with van der Waals surface area (Å²) in [6.07, 6.45) is 2.28. The minimum atomic E-state index is -0.324. The second kappa shape index (κ2) is 6.66. The molecule has 1 aliphatic rings. The molecule has 1 nitrogen and oxygen atoms in total. The highest BCUT2D eigenvalue weighted by Crippen LogP contribution is 2.56. The van der Waals surface area contributed by atoms with Gasteiger partial charge in [-0.3, -0.25) is 4.99 Å². The Kier molecular flexibility index (Phi) is 4.31. The molecule has 3 aromatic carbocycles. The Morgan fingerprint density at radius 1 is 0.630 bits per heavy atom. The highest BCUT2D eigenvalue weighted by Gasteiger charge is 2.55. The molecule has 4 rings (SSSR count). The first-order valence-electron chi connectivity index (χ1n) is 9.51. The van der Waals surface area contributed by atoms with E-state index in [4.69, 9.17) is 4.99 Å². The quantitative estimate of drug-likeness (QED) is 0.496. The maximum Gasteiger partial charge on any atom is 0.0712 e. The van der Waals surface area contributed by atoms with Crippen LogP contribution < -0.4 is 0 Å². The van der Waals surface area contributed by atoms with Crippen LogP contribution in [0.25, 0.3) is 0 Å². The molecule has 0 fully saturated rings. The van der Waals surface area contributed by atoms with Crippen molar-refractivity contribution in [1.29, 1.82) is 0 Å². The minimum absolute atomic E-state index is 0.0939. The van der Waals surface area contributed by atoms with Gasteiger partial charge >= 0.3 is 0 Å². The van der Waals surface area contributed by atoms with E-state index in [0.717, 1.165) is 11.4 Å². The predicted octanol–water partition coefficient (Wildman–Crippen LogP) is 6.73. The highest BCUT2D eigenvalue weighted by atomic mass is 14.8. The molecule has 0 saturated heterocycles. The third-order valence-corrected chi connectivity index (χ3v) is 6.08. The maximum absolute atomic E-state index is 5.15. The first-order valence-corrected chi connectivity index (χ1v) is 9.51. The number of benzene rings is 3. The van der Waals surface area contributed by atoms with E-state index >= 15 is 0 Å². The lowest BCUT2D eigenvalue weighted by molar-refractivity contribution is 0.344. The second-order valence-electron chi connectivity index (χ2n) is 7.77. The van der Waals surface area contributed by atoms with Crippen LogP contribution >= 0.6 is 0 Å². The molecule has 3 aromatic rings. The zero-order valence-electron chi connectivity index (χ0n) is 16.2. The van der Waals surface area contributed by atoms with Crippen molar-refractivity contribution in [2.45, 2.75) is 26.2 Å². The van der Waals surface area contributed by atoms with Crippen LogP contribution in [-0.2, 0) is 5.41 Å². The van der Waals surface area contributed by atoms with Gasteiger partial charge in [0.25, 0.3) is 0 Å². The van der Waals surface area contributed by atoms with E-state index < -0.39 is 0 Å². The molecule has 0 atom stereocenters. The highest BCUT2D eigenvalue weighted by molar-refractivity contribution is 6.11. The van der Waals surface area contributed by atoms with Gasteiger partial charge in [-0.25, -0.2) is 0 Å². The first-order chi connectivity index (χ1) is 13.1. The summed E-state index contributed by atoms with van der Waals surface area (Å²) >= 11 is 0. The number of aliphatic imine (C=N–C) groups is 1. The van der Waals surface area contributed by atoms with Crippen molar-refractivity contribution in [1.82, 2.24) is 0 Å². The van der Waals surface area contributed by atoms with Gasteiger partial charge in [0.2, 0.25) is 0 Å². The van der Waals surface area contributed by atoms with Crippen LogP contribution in [0.1, 0.15) is 31.9 Å². The summed E-state index contributed by atoms with van der Waals surface area (Å²) in [4.78, 5) is 5.15. The Morgan fingerprint density at radius 3 is 1.56 bits per heavy atom. The average Bonchev–Trinajstić information content (AvgIpc) is 2.90. The van der Waals surface area contributed by atoms with Crippen molar-refractivity contribution in [3.05, 3.63) is 114 Å². The lowest BCUT2D eigenvalue weighted by Gasteiger charge is -2.44. The van der Waals surface area contributed by atoms with Gasteiger partial charge in [0.05, 0.1) is 16.8 Å². The monoisotopic (exact) mass is 351 g/mol. The molecule has 1 aliphatic carbocycles. The summed E-state index contributed by atoms with van der Waals surface area (Å²) < 4.78 is 0. The van der Waals surface area contributed by atoms with E-state index in [0.29, 0.717) is 0 Å². The summed E-state index contributed by atoms with van der Waals surface area (Å²) in [5.74, 6) is 0. The number of hydrogen-bond acceptors (Lipinski definition) is 1. The smallest absolute Gasteiger partial charge is 0.0712 e. The van der Waals surface area contributed by atoms with E-state index in [-0.39, 0.29) is 10.8 Å². The van der Waals surface area contributed by atoms with E-state index in [1.54, 1.807) is 0 Å². The van der Waals surface area contributed by atoms with Crippen LogP contribution in [-0.4, -0.2) is 5.71 Å². The Morgan fingerprint density at radius 2 is 1.07 bits per heavy atom. The average molecular weight is 351 g/mol. The van der Waals surface area contributed by atoms with Crippen LogP contribution in [0, 0.1) is 5.41 Å². The minimum Gasteiger partial charge on any atom is -0.252 e. The zero-order valence-corrected chi connectivity index (χ0v) is 16.2. The number of hydrogen-bond donors (Lipinski definition) is 0. The second-order valence-corrected chi connectivity index (χ2v) is 7.77. The molecule has 134 valence electrons. The van der Waals surface area contributed by atoms with E-state index in [1.807, 2.05) is 18.2 Å². The van der Waals surface area contributed by atoms with Gasteiger partial charge in [-0.2, -0.15) is 0 Å². The van der Waals surface area contributed by atoms with Crippen LogP contribution in [0.4, 0.5) is 5.69 Å². The molecule has 0 N–H and O–H groups in total. The van der Waals surface area contributed by atoms with Crippen molar-refractivity contribution in [2.24, 2.45) is 10.4 Å². The summed E-state index contributed by atoms with van der Waals surface area (Å²) in [5.41, 5.74) is 5.59. The van der Waals surface area contributed by atoms with Gasteiger partial charge < -0.3 is 0 Å². The van der Waals surface area contributed by atoms with Crippen molar-refractivity contribution in [3.8, 4) is 0 Å². The standard InChI is InChI=1S/C26H25N/c1-20-19-24(27-23-17-11-6-12-18-23)26(25(20,2)3,21-13-7-4-8-14-21)22-15-9-5-10-16-22/h4-19H,1-3H3. The fraction of sp³-hybridized carbons (Fsp3) is 0.192. The van der Waals surface area contributed by atoms with E-state index in [2.05, 4.69) is 99.6 Å². The number of allylic oxidation sites excluding steroid dienone is 2. The molecule has 0 radical (unpaired) electrons. The molecule has 1 heteroatoms. The Bertz CT molecular complexity index is 941. The van der Waals surface area contributed by atoms with Gasteiger partial charge in [0, 0.05) is 5.41 Å². The van der Waals surface area contributed by atoms with Gasteiger partial charge in [0.1, 0.15) is 0 Å². The fourth-order valence-electron chi connectivity index (χ4n) is 4.43. The van der Waals surface area contributed by atoms with Gasteiger partial charge in [-0.1, -0.05) is 98.3 Å². The van der Waals surface area contributed by atoms with Crippen molar-refractivity contribution >= 4 is 11.4 Å². The van der Waals surface area contributed by atoms with Crippen molar-refractivity contribution < 1.29 is 0 Å². The molecule has 0 unspecified atom stereocenters. The zero-order chi connectivity index (χ0) is 18.9. The summed E-state index contributed by atoms with van der Waals surface area (Å²) in [6, 6.07) is 31.9. The van der Waals surface area contributed by atoms with Crippen LogP contribution in [0.15, 0.2) is 108 Å². The molecule has 0 saturated carbocycles. The third-order valence-electron chi connectivity index (χ3n) is 6.08. The van der Waals surface area contributed by atoms with Crippen LogP contribution in [0.2, 0.25) is 0 Å². The predicted molar refractivity (Wildman–Crippen MR) is 115 cm³/mol. The molecule has 0 spiro atoms. The molecule has 0 heterocycles. The van der Waals surface area contributed by atoms with Crippen LogP contribution in [0.5, 0.6) is 0 Å². The SMILES string of the molecule is CC1=CC(=Nc2ccccc2)C(c2ccccc2)(c2ccccc2)C1(C)C. The molecular formula is C26H25N. The normalized spacial score (nSPS) is 19.1. The topological polar surface area (TPSA) is 12.4 Å². The van der Waals surface area contributed by atoms with Gasteiger partial charge in [-0.05, 0) is 36.3 Å². The van der Waals surface area contributed by atoms with E-state index in [1.165, 1.54) is 16.7 Å². The molecule has 0 amide bonds. The lowest BCUT2D eigenvalue weighted by Crippen LogP contribution is -2.45. The molecular weight excluding hydrogens is 326 g/mol. The summed E-state index contributed by atoms with van der Waals surface area (Å²) in [5, 5.41) is 0.